The molecule has 104 valence electrons. The maximum absolute atomic E-state index is 6.43. The third-order valence-corrected chi connectivity index (χ3v) is 5.68. The summed E-state index contributed by atoms with van der Waals surface area (Å²) in [6, 6.07) is 16.7. The molecule has 0 aliphatic heterocycles. The summed E-state index contributed by atoms with van der Waals surface area (Å²) in [4.78, 5) is 4.68. The maximum Gasteiger partial charge on any atom is 0.0957 e. The monoisotopic (exact) mass is 310 g/mol. The van der Waals surface area contributed by atoms with Gasteiger partial charge in [-0.25, -0.2) is 4.98 Å². The lowest BCUT2D eigenvalue weighted by Gasteiger charge is -2.08. The summed E-state index contributed by atoms with van der Waals surface area (Å²) in [6.07, 6.45) is 0.792. The van der Waals surface area contributed by atoms with Gasteiger partial charge in [0.15, 0.2) is 0 Å². The number of nitrogens with two attached hydrogens (primary N) is 1. The van der Waals surface area contributed by atoms with Crippen molar-refractivity contribution in [3.05, 3.63) is 64.5 Å². The normalized spacial score (nSPS) is 13.0. The van der Waals surface area contributed by atoms with Crippen molar-refractivity contribution in [1.29, 1.82) is 0 Å². The standard InChI is InChI=1S/C17H14N2S2/c18-13(12-10-20-15-7-3-1-5-11(12)15)9-17-19-14-6-2-4-8-16(14)21-17/h1-8,10,13H,9,18H2. The van der Waals surface area contributed by atoms with Crippen LogP contribution < -0.4 is 5.73 Å². The molecule has 4 rings (SSSR count). The first kappa shape index (κ1) is 13.0. The number of fused-ring (bicyclic) bond motifs is 2. The minimum atomic E-state index is 0.00159. The first-order valence-corrected chi connectivity index (χ1v) is 8.57. The van der Waals surface area contributed by atoms with E-state index in [0.29, 0.717) is 0 Å². The van der Waals surface area contributed by atoms with Gasteiger partial charge in [-0.3, -0.25) is 0 Å². The first-order chi connectivity index (χ1) is 10.3. The molecule has 0 fully saturated rings. The third-order valence-electron chi connectivity index (χ3n) is 3.64. The average Bonchev–Trinajstić information content (AvgIpc) is 3.10. The van der Waals surface area contributed by atoms with Gasteiger partial charge in [0, 0.05) is 17.2 Å². The van der Waals surface area contributed by atoms with Gasteiger partial charge in [0.05, 0.1) is 15.2 Å². The second-order valence-electron chi connectivity index (χ2n) is 5.07. The van der Waals surface area contributed by atoms with Crippen molar-refractivity contribution in [2.45, 2.75) is 12.5 Å². The molecule has 0 spiro atoms. The van der Waals surface area contributed by atoms with Gasteiger partial charge in [0.1, 0.15) is 0 Å². The zero-order valence-electron chi connectivity index (χ0n) is 11.3. The maximum atomic E-state index is 6.43. The largest absolute Gasteiger partial charge is 0.324 e. The second-order valence-corrected chi connectivity index (χ2v) is 7.10. The molecule has 1 unspecified atom stereocenters. The lowest BCUT2D eigenvalue weighted by atomic mass is 10.0. The molecule has 0 aliphatic rings. The molecule has 2 aromatic heterocycles. The Kier molecular flexibility index (Phi) is 3.22. The highest BCUT2D eigenvalue weighted by Crippen LogP contribution is 2.32. The summed E-state index contributed by atoms with van der Waals surface area (Å²) in [5, 5.41) is 4.57. The fourth-order valence-corrected chi connectivity index (χ4v) is 4.64. The van der Waals surface area contributed by atoms with E-state index in [2.05, 4.69) is 52.8 Å². The molecule has 21 heavy (non-hydrogen) atoms. The fraction of sp³-hybridized carbons (Fsp3) is 0.118. The van der Waals surface area contributed by atoms with E-state index in [4.69, 9.17) is 5.73 Å². The minimum Gasteiger partial charge on any atom is -0.324 e. The summed E-state index contributed by atoms with van der Waals surface area (Å²) in [6.45, 7) is 0. The number of hydrogen-bond donors (Lipinski definition) is 1. The number of rotatable bonds is 3. The Morgan fingerprint density at radius 2 is 1.76 bits per heavy atom. The summed E-state index contributed by atoms with van der Waals surface area (Å²) in [5.41, 5.74) is 8.73. The van der Waals surface area contributed by atoms with Gasteiger partial charge in [-0.2, -0.15) is 0 Å². The highest BCUT2D eigenvalue weighted by Gasteiger charge is 2.14. The highest BCUT2D eigenvalue weighted by atomic mass is 32.1. The van der Waals surface area contributed by atoms with Gasteiger partial charge < -0.3 is 5.73 Å². The van der Waals surface area contributed by atoms with Crippen molar-refractivity contribution >= 4 is 43.0 Å². The van der Waals surface area contributed by atoms with Crippen LogP contribution in [0.15, 0.2) is 53.9 Å². The van der Waals surface area contributed by atoms with E-state index >= 15 is 0 Å². The van der Waals surface area contributed by atoms with E-state index in [-0.39, 0.29) is 6.04 Å². The van der Waals surface area contributed by atoms with Gasteiger partial charge in [-0.1, -0.05) is 30.3 Å². The Hall–Kier alpha value is -1.75. The molecular formula is C17H14N2S2. The molecule has 4 aromatic rings. The van der Waals surface area contributed by atoms with E-state index in [1.807, 2.05) is 6.07 Å². The van der Waals surface area contributed by atoms with Crippen LogP contribution in [0.3, 0.4) is 0 Å². The van der Waals surface area contributed by atoms with E-state index in [0.717, 1.165) is 16.9 Å². The number of benzene rings is 2. The van der Waals surface area contributed by atoms with Crippen LogP contribution in [0.4, 0.5) is 0 Å². The fourth-order valence-electron chi connectivity index (χ4n) is 2.59. The molecule has 2 heterocycles. The van der Waals surface area contributed by atoms with Gasteiger partial charge in [-0.15, -0.1) is 22.7 Å². The smallest absolute Gasteiger partial charge is 0.0957 e. The third kappa shape index (κ3) is 2.35. The molecule has 0 radical (unpaired) electrons. The summed E-state index contributed by atoms with van der Waals surface area (Å²) >= 11 is 3.50. The molecule has 0 saturated heterocycles. The number of aromatic nitrogens is 1. The van der Waals surface area contributed by atoms with Crippen LogP contribution in [-0.4, -0.2) is 4.98 Å². The average molecular weight is 310 g/mol. The van der Waals surface area contributed by atoms with Gasteiger partial charge >= 0.3 is 0 Å². The quantitative estimate of drug-likeness (QED) is 0.593. The van der Waals surface area contributed by atoms with Crippen LogP contribution in [0, 0.1) is 0 Å². The number of thiazole rings is 1. The topological polar surface area (TPSA) is 38.9 Å². The summed E-state index contributed by atoms with van der Waals surface area (Å²) in [5.74, 6) is 0. The molecule has 2 nitrogen and oxygen atoms in total. The molecule has 2 aromatic carbocycles. The van der Waals surface area contributed by atoms with E-state index < -0.39 is 0 Å². The zero-order chi connectivity index (χ0) is 14.2. The molecule has 1 atom stereocenters. The van der Waals surface area contributed by atoms with Crippen LogP contribution in [0.1, 0.15) is 16.6 Å². The van der Waals surface area contributed by atoms with Gasteiger partial charge in [-0.05, 0) is 34.5 Å². The predicted octanol–water partition coefficient (Wildman–Crippen LogP) is 4.75. The number of hydrogen-bond acceptors (Lipinski definition) is 4. The van der Waals surface area contributed by atoms with E-state index in [1.165, 1.54) is 20.3 Å². The summed E-state index contributed by atoms with van der Waals surface area (Å²) < 4.78 is 2.53. The van der Waals surface area contributed by atoms with Crippen molar-refractivity contribution in [3.63, 3.8) is 0 Å². The van der Waals surface area contributed by atoms with Crippen molar-refractivity contribution in [3.8, 4) is 0 Å². The number of nitrogens with zero attached hydrogens (tertiary/aromatic N) is 1. The van der Waals surface area contributed by atoms with Crippen LogP contribution in [0.5, 0.6) is 0 Å². The van der Waals surface area contributed by atoms with Crippen molar-refractivity contribution < 1.29 is 0 Å². The Labute approximate surface area is 130 Å². The Bertz CT molecular complexity index is 874. The molecule has 0 aliphatic carbocycles. The van der Waals surface area contributed by atoms with Gasteiger partial charge in [0.25, 0.3) is 0 Å². The molecular weight excluding hydrogens is 296 g/mol. The van der Waals surface area contributed by atoms with Crippen LogP contribution in [-0.2, 0) is 6.42 Å². The van der Waals surface area contributed by atoms with Crippen molar-refractivity contribution in [2.24, 2.45) is 5.73 Å². The van der Waals surface area contributed by atoms with E-state index in [9.17, 15) is 0 Å². The van der Waals surface area contributed by atoms with Gasteiger partial charge in [0.2, 0.25) is 0 Å². The summed E-state index contributed by atoms with van der Waals surface area (Å²) in [7, 11) is 0. The molecule has 2 N–H and O–H groups in total. The Morgan fingerprint density at radius 1 is 1.00 bits per heavy atom. The lowest BCUT2D eigenvalue weighted by molar-refractivity contribution is 0.727. The lowest BCUT2D eigenvalue weighted by Crippen LogP contribution is -2.12. The SMILES string of the molecule is NC(Cc1nc2ccccc2s1)c1csc2ccccc12. The van der Waals surface area contributed by atoms with Crippen molar-refractivity contribution in [1.82, 2.24) is 4.98 Å². The van der Waals surface area contributed by atoms with E-state index in [1.54, 1.807) is 22.7 Å². The Morgan fingerprint density at radius 3 is 2.62 bits per heavy atom. The molecule has 4 heteroatoms. The van der Waals surface area contributed by atoms with Crippen LogP contribution in [0.25, 0.3) is 20.3 Å². The molecule has 0 amide bonds. The first-order valence-electron chi connectivity index (χ1n) is 6.87. The number of thiophene rings is 1. The minimum absolute atomic E-state index is 0.00159. The predicted molar refractivity (Wildman–Crippen MR) is 92.1 cm³/mol. The second kappa shape index (κ2) is 5.22. The zero-order valence-corrected chi connectivity index (χ0v) is 13.0. The Balaban J connectivity index is 1.67. The number of para-hydroxylation sites is 1. The molecule has 0 bridgehead atoms. The molecule has 0 saturated carbocycles. The highest BCUT2D eigenvalue weighted by molar-refractivity contribution is 7.18. The van der Waals surface area contributed by atoms with Crippen LogP contribution in [0.2, 0.25) is 0 Å². The van der Waals surface area contributed by atoms with Crippen LogP contribution >= 0.6 is 22.7 Å². The van der Waals surface area contributed by atoms with Crippen molar-refractivity contribution in [2.75, 3.05) is 0 Å².